The van der Waals surface area contributed by atoms with E-state index in [2.05, 4.69) is 20.6 Å². The maximum absolute atomic E-state index is 13.0. The number of hydrogen-bond acceptors (Lipinski definition) is 6. The molecule has 1 spiro atoms. The fourth-order valence-electron chi connectivity index (χ4n) is 3.06. The van der Waals surface area contributed by atoms with Gasteiger partial charge in [0.1, 0.15) is 0 Å². The zero-order valence-electron chi connectivity index (χ0n) is 13.6. The lowest BCUT2D eigenvalue weighted by Gasteiger charge is -2.27. The van der Waals surface area contributed by atoms with Crippen molar-refractivity contribution >= 4 is 52.4 Å². The zero-order valence-corrected chi connectivity index (χ0v) is 15.1. The van der Waals surface area contributed by atoms with Crippen LogP contribution in [0.5, 0.6) is 0 Å². The molecule has 1 atom stereocenters. The molecule has 0 unspecified atom stereocenters. The summed E-state index contributed by atoms with van der Waals surface area (Å²) in [6.07, 6.45) is 0. The highest BCUT2D eigenvalue weighted by Gasteiger charge is 2.52. The molecule has 2 aliphatic rings. The van der Waals surface area contributed by atoms with Gasteiger partial charge in [0.05, 0.1) is 21.4 Å². The van der Waals surface area contributed by atoms with Crippen LogP contribution >= 0.6 is 23.2 Å². The van der Waals surface area contributed by atoms with E-state index in [9.17, 15) is 4.79 Å². The minimum atomic E-state index is -1.46. The van der Waals surface area contributed by atoms with Crippen LogP contribution in [-0.4, -0.2) is 24.9 Å². The molecule has 0 saturated carbocycles. The second-order valence-electron chi connectivity index (χ2n) is 5.86. The van der Waals surface area contributed by atoms with Crippen LogP contribution in [0, 0.1) is 0 Å². The van der Waals surface area contributed by atoms with Gasteiger partial charge in [0.15, 0.2) is 5.96 Å². The number of nitrogens with one attached hydrogen (secondary N) is 2. The first-order chi connectivity index (χ1) is 12.4. The summed E-state index contributed by atoms with van der Waals surface area (Å²) in [5.74, 6) is 0.0267. The first-order valence-electron chi connectivity index (χ1n) is 7.73. The van der Waals surface area contributed by atoms with Gasteiger partial charge in [-0.05, 0) is 18.2 Å². The Hall–Kier alpha value is -2.77. The predicted octanol–water partition coefficient (Wildman–Crippen LogP) is 2.51. The third-order valence-electron chi connectivity index (χ3n) is 4.25. The summed E-state index contributed by atoms with van der Waals surface area (Å²) in [6, 6.07) is 12.5. The lowest BCUT2D eigenvalue weighted by atomic mass is 10.0. The third-order valence-corrected chi connectivity index (χ3v) is 5.07. The zero-order chi connectivity index (χ0) is 18.5. The van der Waals surface area contributed by atoms with E-state index in [-0.39, 0.29) is 17.8 Å². The fraction of sp³-hybridized carbons (Fsp3) is 0.118. The van der Waals surface area contributed by atoms with E-state index in [1.165, 1.54) is 4.90 Å². The van der Waals surface area contributed by atoms with E-state index in [1.54, 1.807) is 25.2 Å². The molecule has 2 aromatic carbocycles. The Balaban J connectivity index is 1.81. The van der Waals surface area contributed by atoms with Crippen molar-refractivity contribution in [2.24, 2.45) is 15.7 Å². The van der Waals surface area contributed by atoms with Crippen molar-refractivity contribution in [1.82, 2.24) is 5.32 Å². The highest BCUT2D eigenvalue weighted by atomic mass is 35.5. The summed E-state index contributed by atoms with van der Waals surface area (Å²) < 4.78 is 0. The lowest BCUT2D eigenvalue weighted by molar-refractivity contribution is -0.122. The van der Waals surface area contributed by atoms with E-state index < -0.39 is 5.66 Å². The highest BCUT2D eigenvalue weighted by molar-refractivity contribution is 6.44. The topological polar surface area (TPSA) is 95.1 Å². The van der Waals surface area contributed by atoms with Crippen LogP contribution in [0.1, 0.15) is 5.56 Å². The Morgan fingerprint density at radius 1 is 1.15 bits per heavy atom. The molecule has 0 aromatic heterocycles. The van der Waals surface area contributed by atoms with Crippen LogP contribution in [0.25, 0.3) is 0 Å². The number of rotatable bonds is 1. The smallest absolute Gasteiger partial charge is 0.282 e. The van der Waals surface area contributed by atoms with Gasteiger partial charge in [-0.3, -0.25) is 10.1 Å². The number of amides is 1. The van der Waals surface area contributed by atoms with Crippen molar-refractivity contribution < 1.29 is 4.79 Å². The predicted molar refractivity (Wildman–Crippen MR) is 104 cm³/mol. The first-order valence-corrected chi connectivity index (χ1v) is 8.49. The second-order valence-corrected chi connectivity index (χ2v) is 6.65. The van der Waals surface area contributed by atoms with E-state index in [0.29, 0.717) is 21.3 Å². The van der Waals surface area contributed by atoms with E-state index in [4.69, 9.17) is 28.9 Å². The number of nitrogens with zero attached hydrogens (tertiary/aromatic N) is 3. The number of fused-ring (bicyclic) bond motifs is 2. The lowest BCUT2D eigenvalue weighted by Crippen LogP contribution is -2.50. The Morgan fingerprint density at radius 3 is 2.73 bits per heavy atom. The molecule has 4 N–H and O–H groups in total. The molecule has 132 valence electrons. The number of guanidine groups is 2. The van der Waals surface area contributed by atoms with Crippen LogP contribution in [0.4, 0.5) is 11.4 Å². The molecule has 0 fully saturated rings. The Morgan fingerprint density at radius 2 is 1.92 bits per heavy atom. The Bertz CT molecular complexity index is 989. The number of aliphatic imine (C=N–C) groups is 2. The van der Waals surface area contributed by atoms with Crippen LogP contribution < -0.4 is 21.3 Å². The molecule has 2 aliphatic heterocycles. The quantitative estimate of drug-likeness (QED) is 0.699. The molecule has 2 heterocycles. The van der Waals surface area contributed by atoms with E-state index in [0.717, 1.165) is 5.69 Å². The van der Waals surface area contributed by atoms with Gasteiger partial charge in [-0.1, -0.05) is 47.5 Å². The summed E-state index contributed by atoms with van der Waals surface area (Å²) in [5, 5.41) is 6.58. The molecule has 26 heavy (non-hydrogen) atoms. The number of anilines is 2. The van der Waals surface area contributed by atoms with Gasteiger partial charge in [-0.25, -0.2) is 9.98 Å². The number of carbonyl (C=O) groups excluding carboxylic acids is 1. The van der Waals surface area contributed by atoms with Crippen LogP contribution in [0.3, 0.4) is 0 Å². The minimum absolute atomic E-state index is 0.0686. The molecule has 2 aromatic rings. The number of hydrogen-bond donors (Lipinski definition) is 3. The molecule has 0 saturated heterocycles. The Labute approximate surface area is 159 Å². The summed E-state index contributed by atoms with van der Waals surface area (Å²) in [7, 11) is 1.68. The SMILES string of the molecule is CN1C(=O)[C@]2(N=C(N)NC(Nc3cccc(Cl)c3Cl)=N2)c2ccccc21. The molecule has 0 bridgehead atoms. The van der Waals surface area contributed by atoms with Gasteiger partial charge >= 0.3 is 0 Å². The largest absolute Gasteiger partial charge is 0.370 e. The molecule has 4 rings (SSSR count). The van der Waals surface area contributed by atoms with Crippen LogP contribution in [0.2, 0.25) is 10.0 Å². The maximum atomic E-state index is 13.0. The summed E-state index contributed by atoms with van der Waals surface area (Å²) >= 11 is 12.3. The molecule has 7 nitrogen and oxygen atoms in total. The number of benzene rings is 2. The van der Waals surface area contributed by atoms with Crippen molar-refractivity contribution in [3.05, 3.63) is 58.1 Å². The van der Waals surface area contributed by atoms with Crippen molar-refractivity contribution in [3.8, 4) is 0 Å². The normalized spacial score (nSPS) is 21.2. The summed E-state index contributed by atoms with van der Waals surface area (Å²) in [4.78, 5) is 23.3. The summed E-state index contributed by atoms with van der Waals surface area (Å²) in [5.41, 5.74) is 6.42. The molecule has 9 heteroatoms. The first kappa shape index (κ1) is 16.7. The molecular weight excluding hydrogens is 375 g/mol. The number of likely N-dealkylation sites (N-methyl/N-ethyl adjacent to an activating group) is 1. The number of halogens is 2. The third kappa shape index (κ3) is 2.40. The van der Waals surface area contributed by atoms with Crippen molar-refractivity contribution in [2.45, 2.75) is 5.66 Å². The average Bonchev–Trinajstić information content (AvgIpc) is 2.81. The highest BCUT2D eigenvalue weighted by Crippen LogP contribution is 2.44. The molecular formula is C17H14Cl2N6O. The van der Waals surface area contributed by atoms with Gasteiger partial charge in [0.2, 0.25) is 5.96 Å². The van der Waals surface area contributed by atoms with Crippen molar-refractivity contribution in [2.75, 3.05) is 17.3 Å². The monoisotopic (exact) mass is 388 g/mol. The number of para-hydroxylation sites is 1. The number of carbonyl (C=O) groups is 1. The van der Waals surface area contributed by atoms with Gasteiger partial charge in [-0.2, -0.15) is 0 Å². The van der Waals surface area contributed by atoms with E-state index >= 15 is 0 Å². The van der Waals surface area contributed by atoms with Gasteiger partial charge < -0.3 is 16.0 Å². The van der Waals surface area contributed by atoms with Crippen molar-refractivity contribution in [1.29, 1.82) is 0 Å². The standard InChI is InChI=1S/C17H14Cl2N6O/c1-25-12-8-3-2-5-9(12)17(14(25)26)23-15(20)22-16(24-17)21-11-7-4-6-10(18)13(11)19/h2-8H,1H3,(H4,20,21,22,23,24)/t17-/m0/s1. The maximum Gasteiger partial charge on any atom is 0.282 e. The van der Waals surface area contributed by atoms with E-state index in [1.807, 2.05) is 24.3 Å². The fourth-order valence-corrected chi connectivity index (χ4v) is 3.41. The van der Waals surface area contributed by atoms with Crippen molar-refractivity contribution in [3.63, 3.8) is 0 Å². The number of nitrogens with two attached hydrogens (primary N) is 1. The average molecular weight is 389 g/mol. The van der Waals surface area contributed by atoms with Gasteiger partial charge in [0, 0.05) is 12.6 Å². The van der Waals surface area contributed by atoms with Crippen LogP contribution in [0.15, 0.2) is 52.4 Å². The second kappa shape index (κ2) is 5.89. The summed E-state index contributed by atoms with van der Waals surface area (Å²) in [6.45, 7) is 0. The minimum Gasteiger partial charge on any atom is -0.370 e. The molecule has 0 radical (unpaired) electrons. The molecule has 0 aliphatic carbocycles. The van der Waals surface area contributed by atoms with Crippen LogP contribution in [-0.2, 0) is 10.5 Å². The Kier molecular flexibility index (Phi) is 3.78. The van der Waals surface area contributed by atoms with Gasteiger partial charge in [-0.15, -0.1) is 0 Å². The van der Waals surface area contributed by atoms with Gasteiger partial charge in [0.25, 0.3) is 11.6 Å². The molecule has 1 amide bonds.